The van der Waals surface area contributed by atoms with Gasteiger partial charge in [-0.3, -0.25) is 4.79 Å². The van der Waals surface area contributed by atoms with Crippen molar-refractivity contribution in [3.8, 4) is 11.1 Å². The van der Waals surface area contributed by atoms with Crippen molar-refractivity contribution >= 4 is 17.6 Å². The third kappa shape index (κ3) is 9.47. The van der Waals surface area contributed by atoms with Crippen LogP contribution in [0, 0.1) is 0 Å². The lowest BCUT2D eigenvalue weighted by atomic mass is 10.1. The fourth-order valence-electron chi connectivity index (χ4n) is 3.62. The zero-order valence-electron chi connectivity index (χ0n) is 20.4. The van der Waals surface area contributed by atoms with E-state index in [2.05, 4.69) is 20.9 Å². The van der Waals surface area contributed by atoms with Crippen molar-refractivity contribution in [2.45, 2.75) is 18.9 Å². The summed E-state index contributed by atoms with van der Waals surface area (Å²) in [5.74, 6) is -0.166. The molecule has 3 amide bonds. The summed E-state index contributed by atoms with van der Waals surface area (Å²) in [5, 5.41) is 8.75. The normalized spacial score (nSPS) is 11.9. The van der Waals surface area contributed by atoms with Crippen LogP contribution >= 0.6 is 0 Å². The van der Waals surface area contributed by atoms with Crippen LogP contribution in [0.1, 0.15) is 12.0 Å². The second-order valence-electron chi connectivity index (χ2n) is 8.65. The monoisotopic (exact) mass is 470 g/mol. The summed E-state index contributed by atoms with van der Waals surface area (Å²) in [6, 6.07) is 27.0. The molecule has 0 fully saturated rings. The maximum Gasteiger partial charge on any atom is 0.319 e. The second-order valence-corrected chi connectivity index (χ2v) is 8.65. The number of hydrogen-bond acceptors (Lipinski definition) is 3. The average Bonchev–Trinajstić information content (AvgIpc) is 2.86. The predicted octanol–water partition coefficient (Wildman–Crippen LogP) is 4.71. The molecule has 1 atom stereocenters. The number of rotatable bonds is 11. The Morgan fingerprint density at radius 1 is 0.857 bits per heavy atom. The molecule has 0 saturated carbocycles. The van der Waals surface area contributed by atoms with E-state index in [4.69, 9.17) is 0 Å². The Balaban J connectivity index is 1.58. The first-order chi connectivity index (χ1) is 17.0. The highest BCUT2D eigenvalue weighted by Crippen LogP contribution is 2.21. The molecule has 3 aromatic rings. The molecule has 182 valence electrons. The molecular weight excluding hydrogens is 436 g/mol. The van der Waals surface area contributed by atoms with E-state index in [0.717, 1.165) is 29.7 Å². The van der Waals surface area contributed by atoms with Crippen LogP contribution in [0.2, 0.25) is 0 Å². The van der Waals surface area contributed by atoms with Gasteiger partial charge in [-0.1, -0.05) is 78.9 Å². The highest BCUT2D eigenvalue weighted by atomic mass is 16.2. The smallest absolute Gasteiger partial charge is 0.319 e. The molecule has 0 aromatic heterocycles. The van der Waals surface area contributed by atoms with Crippen molar-refractivity contribution in [1.82, 2.24) is 15.5 Å². The lowest BCUT2D eigenvalue weighted by molar-refractivity contribution is -0.116. The largest absolute Gasteiger partial charge is 0.353 e. The van der Waals surface area contributed by atoms with Crippen LogP contribution in [-0.2, 0) is 11.2 Å². The molecule has 0 aliphatic carbocycles. The first-order valence-electron chi connectivity index (χ1n) is 11.9. The van der Waals surface area contributed by atoms with Gasteiger partial charge in [0.25, 0.3) is 0 Å². The van der Waals surface area contributed by atoms with Crippen LogP contribution in [0.4, 0.5) is 10.5 Å². The Morgan fingerprint density at radius 3 is 2.14 bits per heavy atom. The summed E-state index contributed by atoms with van der Waals surface area (Å²) in [5.41, 5.74) is 3.97. The number of nitrogens with one attached hydrogen (secondary N) is 3. The minimum atomic E-state index is -0.339. The van der Waals surface area contributed by atoms with E-state index >= 15 is 0 Å². The summed E-state index contributed by atoms with van der Waals surface area (Å²) in [6.07, 6.45) is 4.69. The Labute approximate surface area is 208 Å². The molecule has 6 heteroatoms. The Bertz CT molecular complexity index is 1080. The number of benzene rings is 3. The van der Waals surface area contributed by atoms with Gasteiger partial charge in [0.1, 0.15) is 0 Å². The van der Waals surface area contributed by atoms with Gasteiger partial charge in [0, 0.05) is 18.3 Å². The number of anilines is 1. The summed E-state index contributed by atoms with van der Waals surface area (Å²) >= 11 is 0. The quantitative estimate of drug-likeness (QED) is 0.281. The first kappa shape index (κ1) is 25.7. The van der Waals surface area contributed by atoms with Crippen molar-refractivity contribution in [2.24, 2.45) is 0 Å². The van der Waals surface area contributed by atoms with Crippen LogP contribution in [-0.4, -0.2) is 50.1 Å². The number of carbonyl (C=O) groups is 2. The zero-order chi connectivity index (χ0) is 24.9. The fraction of sp³-hybridized carbons (Fsp3) is 0.241. The lowest BCUT2D eigenvalue weighted by Crippen LogP contribution is -2.38. The molecule has 0 spiro atoms. The van der Waals surface area contributed by atoms with Crippen LogP contribution in [0.25, 0.3) is 11.1 Å². The molecule has 3 N–H and O–H groups in total. The van der Waals surface area contributed by atoms with Crippen molar-refractivity contribution in [3.63, 3.8) is 0 Å². The van der Waals surface area contributed by atoms with E-state index in [1.54, 1.807) is 6.08 Å². The number of carbonyl (C=O) groups excluding carboxylic acids is 2. The first-order valence-corrected chi connectivity index (χ1v) is 11.9. The fourth-order valence-corrected chi connectivity index (χ4v) is 3.62. The van der Waals surface area contributed by atoms with E-state index in [0.29, 0.717) is 18.7 Å². The van der Waals surface area contributed by atoms with Gasteiger partial charge >= 0.3 is 6.03 Å². The Kier molecular flexibility index (Phi) is 10.1. The van der Waals surface area contributed by atoms with Gasteiger partial charge in [-0.05, 0) is 62.3 Å². The Morgan fingerprint density at radius 2 is 1.49 bits per heavy atom. The highest BCUT2D eigenvalue weighted by molar-refractivity contribution is 5.90. The average molecular weight is 471 g/mol. The zero-order valence-corrected chi connectivity index (χ0v) is 20.4. The van der Waals surface area contributed by atoms with Crippen molar-refractivity contribution in [3.05, 3.63) is 103 Å². The maximum atomic E-state index is 12.7. The highest BCUT2D eigenvalue weighted by Gasteiger charge is 2.11. The topological polar surface area (TPSA) is 73.5 Å². The van der Waals surface area contributed by atoms with Crippen LogP contribution in [0.3, 0.4) is 0 Å². The van der Waals surface area contributed by atoms with E-state index in [-0.39, 0.29) is 18.0 Å². The van der Waals surface area contributed by atoms with E-state index in [9.17, 15) is 9.59 Å². The predicted molar refractivity (Wildman–Crippen MR) is 143 cm³/mol. The molecule has 1 unspecified atom stereocenters. The third-order valence-electron chi connectivity index (χ3n) is 5.43. The molecule has 0 saturated heterocycles. The molecule has 0 radical (unpaired) electrons. The molecule has 0 heterocycles. The van der Waals surface area contributed by atoms with E-state index in [1.165, 1.54) is 6.08 Å². The maximum absolute atomic E-state index is 12.7. The summed E-state index contributed by atoms with van der Waals surface area (Å²) in [6.45, 7) is 1.52. The number of amides is 3. The minimum Gasteiger partial charge on any atom is -0.353 e. The van der Waals surface area contributed by atoms with Gasteiger partial charge in [0.15, 0.2) is 0 Å². The van der Waals surface area contributed by atoms with E-state index < -0.39 is 0 Å². The van der Waals surface area contributed by atoms with Gasteiger partial charge in [0.05, 0.1) is 6.04 Å². The van der Waals surface area contributed by atoms with Crippen molar-refractivity contribution < 1.29 is 9.59 Å². The minimum absolute atomic E-state index is 0.166. The standard InChI is InChI=1S/C29H34N4O2/c1-33(2)21-9-20-30-28(34)19-18-27(22-23-10-5-3-6-11-23)32-29(35)31-26-16-14-25(15-17-26)24-12-7-4-8-13-24/h3-8,10-19,27H,9,20-22H2,1-2H3,(H,30,34)(H2,31,32,35)/b19-18+. The summed E-state index contributed by atoms with van der Waals surface area (Å²) in [7, 11) is 4.01. The molecule has 0 aliphatic heterocycles. The second kappa shape index (κ2) is 13.7. The number of urea groups is 1. The lowest BCUT2D eigenvalue weighted by Gasteiger charge is -2.16. The summed E-state index contributed by atoms with van der Waals surface area (Å²) < 4.78 is 0. The molecule has 35 heavy (non-hydrogen) atoms. The van der Waals surface area contributed by atoms with Gasteiger partial charge < -0.3 is 20.9 Å². The molecule has 6 nitrogen and oxygen atoms in total. The molecule has 0 bridgehead atoms. The number of hydrogen-bond donors (Lipinski definition) is 3. The van der Waals surface area contributed by atoms with Gasteiger partial charge in [0.2, 0.25) is 5.91 Å². The van der Waals surface area contributed by atoms with Gasteiger partial charge in [-0.15, -0.1) is 0 Å². The summed E-state index contributed by atoms with van der Waals surface area (Å²) in [4.78, 5) is 27.0. The van der Waals surface area contributed by atoms with Crippen molar-refractivity contribution in [2.75, 3.05) is 32.5 Å². The number of nitrogens with zero attached hydrogens (tertiary/aromatic N) is 1. The van der Waals surface area contributed by atoms with Crippen LogP contribution in [0.15, 0.2) is 97.1 Å². The molecule has 3 aromatic carbocycles. The molecule has 3 rings (SSSR count). The van der Waals surface area contributed by atoms with E-state index in [1.807, 2.05) is 99.0 Å². The molecular formula is C29H34N4O2. The Hall–Kier alpha value is -3.90. The van der Waals surface area contributed by atoms with Crippen molar-refractivity contribution in [1.29, 1.82) is 0 Å². The van der Waals surface area contributed by atoms with Crippen LogP contribution in [0.5, 0.6) is 0 Å². The van der Waals surface area contributed by atoms with Crippen LogP contribution < -0.4 is 16.0 Å². The SMILES string of the molecule is CN(C)CCCNC(=O)/C=C/C(Cc1ccccc1)NC(=O)Nc1ccc(-c2ccccc2)cc1. The molecule has 0 aliphatic rings. The van der Waals surface area contributed by atoms with Gasteiger partial charge in [-0.2, -0.15) is 0 Å². The third-order valence-corrected chi connectivity index (χ3v) is 5.43. The van der Waals surface area contributed by atoms with Gasteiger partial charge in [-0.25, -0.2) is 4.79 Å².